The fourth-order valence-corrected chi connectivity index (χ4v) is 3.97. The lowest BCUT2D eigenvalue weighted by Crippen LogP contribution is -2.14. The van der Waals surface area contributed by atoms with Crippen molar-refractivity contribution in [2.75, 3.05) is 11.1 Å². The zero-order valence-electron chi connectivity index (χ0n) is 16.9. The molecular weight excluding hydrogens is 404 g/mol. The van der Waals surface area contributed by atoms with E-state index in [2.05, 4.69) is 41.5 Å². The maximum absolute atomic E-state index is 12.4. The first-order valence-corrected chi connectivity index (χ1v) is 11.1. The number of amides is 1. The molecular formula is C22H25ClN4OS. The van der Waals surface area contributed by atoms with E-state index in [1.807, 2.05) is 47.9 Å². The SMILES string of the molecule is CCC(C)c1ccc(NC(=O)CSc2nnc(-c3cccc(Cl)c3)n2CC)cc1. The van der Waals surface area contributed by atoms with Crippen LogP contribution < -0.4 is 5.32 Å². The van der Waals surface area contributed by atoms with Gasteiger partial charge in [0.2, 0.25) is 5.91 Å². The van der Waals surface area contributed by atoms with Crippen molar-refractivity contribution < 1.29 is 4.79 Å². The second kappa shape index (κ2) is 9.94. The Bertz CT molecular complexity index is 971. The number of rotatable bonds is 8. The van der Waals surface area contributed by atoms with Crippen molar-refractivity contribution in [3.63, 3.8) is 0 Å². The maximum Gasteiger partial charge on any atom is 0.234 e. The molecule has 0 saturated carbocycles. The molecule has 0 aliphatic heterocycles. The predicted octanol–water partition coefficient (Wildman–Crippen LogP) is 5.86. The van der Waals surface area contributed by atoms with Gasteiger partial charge in [0, 0.05) is 22.8 Å². The molecule has 3 rings (SSSR count). The van der Waals surface area contributed by atoms with Gasteiger partial charge in [-0.15, -0.1) is 10.2 Å². The Hall–Kier alpha value is -2.31. The summed E-state index contributed by atoms with van der Waals surface area (Å²) in [6.45, 7) is 7.10. The largest absolute Gasteiger partial charge is 0.325 e. The van der Waals surface area contributed by atoms with Crippen molar-refractivity contribution in [3.8, 4) is 11.4 Å². The van der Waals surface area contributed by atoms with Crippen molar-refractivity contribution >= 4 is 35.0 Å². The van der Waals surface area contributed by atoms with E-state index in [9.17, 15) is 4.79 Å². The molecule has 0 radical (unpaired) electrons. The summed E-state index contributed by atoms with van der Waals surface area (Å²) < 4.78 is 1.99. The lowest BCUT2D eigenvalue weighted by Gasteiger charge is -2.11. The number of halogens is 1. The summed E-state index contributed by atoms with van der Waals surface area (Å²) in [5, 5.41) is 12.9. The number of anilines is 1. The molecule has 1 atom stereocenters. The van der Waals surface area contributed by atoms with E-state index in [0.717, 1.165) is 23.5 Å². The van der Waals surface area contributed by atoms with Crippen molar-refractivity contribution in [3.05, 3.63) is 59.1 Å². The quantitative estimate of drug-likeness (QED) is 0.456. The Morgan fingerprint density at radius 1 is 1.17 bits per heavy atom. The van der Waals surface area contributed by atoms with Crippen molar-refractivity contribution in [2.45, 2.75) is 44.8 Å². The molecule has 7 heteroatoms. The molecule has 1 aromatic heterocycles. The van der Waals surface area contributed by atoms with Crippen LogP contribution in [0.1, 0.15) is 38.7 Å². The summed E-state index contributed by atoms with van der Waals surface area (Å²) in [4.78, 5) is 12.4. The van der Waals surface area contributed by atoms with Gasteiger partial charge in [0.25, 0.3) is 0 Å². The van der Waals surface area contributed by atoms with Gasteiger partial charge in [-0.2, -0.15) is 0 Å². The lowest BCUT2D eigenvalue weighted by atomic mass is 9.99. The van der Waals surface area contributed by atoms with Crippen LogP contribution in [0.4, 0.5) is 5.69 Å². The number of nitrogens with one attached hydrogen (secondary N) is 1. The van der Waals surface area contributed by atoms with Crippen LogP contribution in [0.5, 0.6) is 0 Å². The highest BCUT2D eigenvalue weighted by atomic mass is 35.5. The second-order valence-electron chi connectivity index (χ2n) is 6.83. The van der Waals surface area contributed by atoms with Crippen LogP contribution >= 0.6 is 23.4 Å². The maximum atomic E-state index is 12.4. The summed E-state index contributed by atoms with van der Waals surface area (Å²) in [7, 11) is 0. The van der Waals surface area contributed by atoms with Gasteiger partial charge in [-0.05, 0) is 49.1 Å². The summed E-state index contributed by atoms with van der Waals surface area (Å²) in [6, 6.07) is 15.6. The monoisotopic (exact) mass is 428 g/mol. The Morgan fingerprint density at radius 2 is 1.93 bits per heavy atom. The van der Waals surface area contributed by atoms with Gasteiger partial charge in [-0.1, -0.05) is 61.5 Å². The van der Waals surface area contributed by atoms with E-state index < -0.39 is 0 Å². The van der Waals surface area contributed by atoms with Gasteiger partial charge < -0.3 is 9.88 Å². The van der Waals surface area contributed by atoms with E-state index in [1.165, 1.54) is 17.3 Å². The van der Waals surface area contributed by atoms with Crippen LogP contribution in [0, 0.1) is 0 Å². The average Bonchev–Trinajstić information content (AvgIpc) is 3.15. The molecule has 5 nitrogen and oxygen atoms in total. The molecule has 2 aromatic carbocycles. The molecule has 0 bridgehead atoms. The normalized spacial score (nSPS) is 12.0. The molecule has 0 fully saturated rings. The number of hydrogen-bond acceptors (Lipinski definition) is 4. The van der Waals surface area contributed by atoms with Crippen molar-refractivity contribution in [1.82, 2.24) is 14.8 Å². The van der Waals surface area contributed by atoms with E-state index in [1.54, 1.807) is 0 Å². The molecule has 1 unspecified atom stereocenters. The minimum atomic E-state index is -0.0683. The molecule has 1 amide bonds. The molecule has 0 spiro atoms. The number of thioether (sulfide) groups is 1. The van der Waals surface area contributed by atoms with Gasteiger partial charge in [0.15, 0.2) is 11.0 Å². The first-order valence-electron chi connectivity index (χ1n) is 9.73. The van der Waals surface area contributed by atoms with Crippen LogP contribution in [-0.2, 0) is 11.3 Å². The third-order valence-corrected chi connectivity index (χ3v) is 6.03. The number of hydrogen-bond donors (Lipinski definition) is 1. The minimum Gasteiger partial charge on any atom is -0.325 e. The first-order chi connectivity index (χ1) is 14.0. The highest BCUT2D eigenvalue weighted by Crippen LogP contribution is 2.26. The fourth-order valence-electron chi connectivity index (χ4n) is 2.98. The average molecular weight is 429 g/mol. The third-order valence-electron chi connectivity index (χ3n) is 4.82. The molecule has 29 heavy (non-hydrogen) atoms. The van der Waals surface area contributed by atoms with Crippen molar-refractivity contribution in [2.24, 2.45) is 0 Å². The van der Waals surface area contributed by atoms with E-state index in [-0.39, 0.29) is 11.7 Å². The zero-order valence-corrected chi connectivity index (χ0v) is 18.4. The summed E-state index contributed by atoms with van der Waals surface area (Å²) in [5.74, 6) is 1.46. The lowest BCUT2D eigenvalue weighted by molar-refractivity contribution is -0.113. The van der Waals surface area contributed by atoms with Crippen LogP contribution in [-0.4, -0.2) is 26.4 Å². The number of benzene rings is 2. The van der Waals surface area contributed by atoms with E-state index >= 15 is 0 Å². The number of nitrogens with zero attached hydrogens (tertiary/aromatic N) is 3. The van der Waals surface area contributed by atoms with Gasteiger partial charge in [-0.3, -0.25) is 4.79 Å². The topological polar surface area (TPSA) is 59.8 Å². The third kappa shape index (κ3) is 5.40. The Balaban J connectivity index is 1.63. The molecule has 1 N–H and O–H groups in total. The highest BCUT2D eigenvalue weighted by Gasteiger charge is 2.15. The van der Waals surface area contributed by atoms with Crippen LogP contribution in [0.2, 0.25) is 5.02 Å². The number of carbonyl (C=O) groups excluding carboxylic acids is 1. The first kappa shape index (κ1) is 21.4. The van der Waals surface area contributed by atoms with Crippen LogP contribution in [0.25, 0.3) is 11.4 Å². The number of carbonyl (C=O) groups is 1. The smallest absolute Gasteiger partial charge is 0.234 e. The summed E-state index contributed by atoms with van der Waals surface area (Å²) >= 11 is 7.47. The van der Waals surface area contributed by atoms with Gasteiger partial charge in [0.05, 0.1) is 5.75 Å². The van der Waals surface area contributed by atoms with Crippen LogP contribution in [0.15, 0.2) is 53.7 Å². The second-order valence-corrected chi connectivity index (χ2v) is 8.21. The molecule has 0 saturated heterocycles. The molecule has 152 valence electrons. The van der Waals surface area contributed by atoms with Crippen LogP contribution in [0.3, 0.4) is 0 Å². The predicted molar refractivity (Wildman–Crippen MR) is 121 cm³/mol. The van der Waals surface area contributed by atoms with Gasteiger partial charge in [0.1, 0.15) is 0 Å². The Labute approximate surface area is 180 Å². The molecule has 3 aromatic rings. The fraction of sp³-hybridized carbons (Fsp3) is 0.318. The number of aromatic nitrogens is 3. The molecule has 1 heterocycles. The summed E-state index contributed by atoms with van der Waals surface area (Å²) in [5.41, 5.74) is 2.99. The van der Waals surface area contributed by atoms with E-state index in [4.69, 9.17) is 11.6 Å². The Morgan fingerprint density at radius 3 is 2.59 bits per heavy atom. The Kier molecular flexibility index (Phi) is 7.34. The zero-order chi connectivity index (χ0) is 20.8. The molecule has 0 aliphatic carbocycles. The van der Waals surface area contributed by atoms with E-state index in [0.29, 0.717) is 22.6 Å². The standard InChI is InChI=1S/C22H25ClN4OS/c1-4-15(3)16-9-11-19(12-10-16)24-20(28)14-29-22-26-25-21(27(22)5-2)17-7-6-8-18(23)13-17/h6-13,15H,4-5,14H2,1-3H3,(H,24,28). The van der Waals surface area contributed by atoms with Gasteiger partial charge in [-0.25, -0.2) is 0 Å². The summed E-state index contributed by atoms with van der Waals surface area (Å²) in [6.07, 6.45) is 1.09. The minimum absolute atomic E-state index is 0.0683. The molecule has 0 aliphatic rings. The van der Waals surface area contributed by atoms with Gasteiger partial charge >= 0.3 is 0 Å². The van der Waals surface area contributed by atoms with Crippen molar-refractivity contribution in [1.29, 1.82) is 0 Å². The highest BCUT2D eigenvalue weighted by molar-refractivity contribution is 7.99.